The second kappa shape index (κ2) is 14.1. The molecule has 0 heterocycles. The molecule has 146 valence electrons. The number of quaternary nitrogens is 1. The summed E-state index contributed by atoms with van der Waals surface area (Å²) in [5.74, 6) is 0. The Morgan fingerprint density at radius 2 is 1.21 bits per heavy atom. The molecule has 0 aliphatic rings. The van der Waals surface area contributed by atoms with Crippen molar-refractivity contribution < 1.29 is 18.3 Å². The van der Waals surface area contributed by atoms with E-state index < -0.39 is 14.9 Å². The number of rotatable bonds is 17. The summed E-state index contributed by atoms with van der Waals surface area (Å²) in [6.07, 6.45) is 16.0. The Bertz CT molecular complexity index is 384. The van der Waals surface area contributed by atoms with Gasteiger partial charge >= 0.3 is 0 Å². The first-order valence-electron chi connectivity index (χ1n) is 10.1. The second-order valence-corrected chi connectivity index (χ2v) is 9.38. The molecule has 0 bridgehead atoms. The maximum Gasteiger partial charge on any atom is 0.100 e. The number of hydrogen-bond donors (Lipinski definition) is 1. The van der Waals surface area contributed by atoms with Crippen molar-refractivity contribution in [3.63, 3.8) is 0 Å². The van der Waals surface area contributed by atoms with E-state index in [1.54, 1.807) is 6.92 Å². The SMILES string of the molecule is CCCCCCCCCCCCCCC(C)(CC[NH2+]C)S(=O)(=O)[O-]. The highest BCUT2D eigenvalue weighted by atomic mass is 32.2. The van der Waals surface area contributed by atoms with Gasteiger partial charge in [-0.15, -0.1) is 0 Å². The van der Waals surface area contributed by atoms with Crippen molar-refractivity contribution in [1.29, 1.82) is 0 Å². The van der Waals surface area contributed by atoms with E-state index >= 15 is 0 Å². The first-order valence-corrected chi connectivity index (χ1v) is 11.5. The topological polar surface area (TPSA) is 73.8 Å². The quantitative estimate of drug-likeness (QED) is 0.314. The van der Waals surface area contributed by atoms with E-state index in [-0.39, 0.29) is 0 Å². The van der Waals surface area contributed by atoms with Gasteiger partial charge < -0.3 is 9.87 Å². The molecule has 0 saturated carbocycles. The van der Waals surface area contributed by atoms with E-state index in [9.17, 15) is 13.0 Å². The minimum absolute atomic E-state index is 0.452. The van der Waals surface area contributed by atoms with Crippen molar-refractivity contribution in [3.05, 3.63) is 0 Å². The third kappa shape index (κ3) is 11.4. The van der Waals surface area contributed by atoms with E-state index in [0.717, 1.165) is 19.3 Å². The summed E-state index contributed by atoms with van der Waals surface area (Å²) >= 11 is 0. The standard InChI is InChI=1S/C19H41NO3S/c1-4-5-6-7-8-9-10-11-12-13-14-15-16-19(2,17-18-20-3)24(21,22)23/h20H,4-18H2,1-3H3,(H,21,22,23). The molecule has 0 aliphatic heterocycles. The zero-order valence-electron chi connectivity index (χ0n) is 16.3. The number of hydrogen-bond acceptors (Lipinski definition) is 3. The van der Waals surface area contributed by atoms with Gasteiger partial charge in [-0.05, 0) is 13.3 Å². The van der Waals surface area contributed by atoms with Crippen LogP contribution in [0.1, 0.15) is 104 Å². The van der Waals surface area contributed by atoms with E-state index in [0.29, 0.717) is 19.4 Å². The molecular formula is C19H41NO3S. The van der Waals surface area contributed by atoms with Crippen molar-refractivity contribution >= 4 is 10.1 Å². The third-order valence-electron chi connectivity index (χ3n) is 5.12. The summed E-state index contributed by atoms with van der Waals surface area (Å²) < 4.78 is 33.5. The molecular weight excluding hydrogens is 322 g/mol. The van der Waals surface area contributed by atoms with Crippen LogP contribution < -0.4 is 5.32 Å². The zero-order valence-corrected chi connectivity index (χ0v) is 17.1. The fourth-order valence-electron chi connectivity index (χ4n) is 3.16. The van der Waals surface area contributed by atoms with Gasteiger partial charge in [-0.1, -0.05) is 84.0 Å². The Labute approximate surface area is 150 Å². The first-order chi connectivity index (χ1) is 11.4. The normalized spacial score (nSPS) is 14.7. The highest BCUT2D eigenvalue weighted by Gasteiger charge is 2.31. The van der Waals surface area contributed by atoms with Gasteiger partial charge in [0, 0.05) is 6.42 Å². The lowest BCUT2D eigenvalue weighted by atomic mass is 9.97. The predicted octanol–water partition coefficient (Wildman–Crippen LogP) is 3.96. The lowest BCUT2D eigenvalue weighted by Crippen LogP contribution is -2.80. The molecule has 0 aromatic rings. The smallest absolute Gasteiger partial charge is 0.100 e. The maximum atomic E-state index is 11.5. The van der Waals surface area contributed by atoms with Crippen LogP contribution in [0.4, 0.5) is 0 Å². The Kier molecular flexibility index (Phi) is 14.0. The highest BCUT2D eigenvalue weighted by molar-refractivity contribution is 7.87. The van der Waals surface area contributed by atoms with Crippen LogP contribution in [-0.2, 0) is 10.1 Å². The summed E-state index contributed by atoms with van der Waals surface area (Å²) in [6.45, 7) is 4.56. The molecule has 0 aliphatic carbocycles. The van der Waals surface area contributed by atoms with Crippen LogP contribution in [0, 0.1) is 0 Å². The Hall–Kier alpha value is -0.130. The zero-order chi connectivity index (χ0) is 18.3. The van der Waals surface area contributed by atoms with Gasteiger partial charge in [-0.25, -0.2) is 8.42 Å². The fraction of sp³-hybridized carbons (Fsp3) is 1.00. The van der Waals surface area contributed by atoms with E-state index in [1.807, 2.05) is 12.4 Å². The fourth-order valence-corrected chi connectivity index (χ4v) is 3.93. The summed E-state index contributed by atoms with van der Waals surface area (Å²) in [4.78, 5) is 0. The summed E-state index contributed by atoms with van der Waals surface area (Å²) in [6, 6.07) is 0. The van der Waals surface area contributed by atoms with E-state index in [2.05, 4.69) is 6.92 Å². The third-order valence-corrected chi connectivity index (χ3v) is 6.74. The van der Waals surface area contributed by atoms with E-state index in [4.69, 9.17) is 0 Å². The predicted molar refractivity (Wildman–Crippen MR) is 101 cm³/mol. The first kappa shape index (κ1) is 23.9. The molecule has 0 rings (SSSR count). The molecule has 0 saturated heterocycles. The molecule has 0 radical (unpaired) electrons. The molecule has 1 atom stereocenters. The van der Waals surface area contributed by atoms with Crippen LogP contribution in [0.5, 0.6) is 0 Å². The van der Waals surface area contributed by atoms with Gasteiger partial charge in [0.15, 0.2) is 0 Å². The minimum Gasteiger partial charge on any atom is -0.748 e. The van der Waals surface area contributed by atoms with Gasteiger partial charge in [0.05, 0.1) is 18.3 Å². The molecule has 1 unspecified atom stereocenters. The second-order valence-electron chi connectivity index (χ2n) is 7.49. The molecule has 24 heavy (non-hydrogen) atoms. The maximum absolute atomic E-state index is 11.5. The molecule has 4 nitrogen and oxygen atoms in total. The van der Waals surface area contributed by atoms with Gasteiger partial charge in [0.25, 0.3) is 0 Å². The lowest BCUT2D eigenvalue weighted by molar-refractivity contribution is -0.627. The minimum atomic E-state index is -4.22. The average molecular weight is 364 g/mol. The van der Waals surface area contributed by atoms with Crippen LogP contribution in [0.3, 0.4) is 0 Å². The molecule has 0 fully saturated rings. The average Bonchev–Trinajstić information content (AvgIpc) is 2.53. The molecule has 0 amide bonds. The van der Waals surface area contributed by atoms with Crippen LogP contribution in [0.25, 0.3) is 0 Å². The van der Waals surface area contributed by atoms with Crippen molar-refractivity contribution in [3.8, 4) is 0 Å². The molecule has 0 aromatic carbocycles. The van der Waals surface area contributed by atoms with Crippen LogP contribution in [0.2, 0.25) is 0 Å². The van der Waals surface area contributed by atoms with Gasteiger partial charge in [0.1, 0.15) is 10.1 Å². The number of nitrogens with two attached hydrogens (primary N) is 1. The summed E-state index contributed by atoms with van der Waals surface area (Å²) in [7, 11) is -2.32. The van der Waals surface area contributed by atoms with Crippen molar-refractivity contribution in [2.45, 2.75) is 108 Å². The Balaban J connectivity index is 3.66. The summed E-state index contributed by atoms with van der Waals surface area (Å²) in [5.41, 5.74) is 0. The van der Waals surface area contributed by atoms with Crippen LogP contribution in [-0.4, -0.2) is 31.3 Å². The highest BCUT2D eigenvalue weighted by Crippen LogP contribution is 2.27. The molecule has 0 spiro atoms. The van der Waals surface area contributed by atoms with Crippen LogP contribution >= 0.6 is 0 Å². The van der Waals surface area contributed by atoms with Crippen molar-refractivity contribution in [2.24, 2.45) is 0 Å². The molecule has 2 N–H and O–H groups in total. The van der Waals surface area contributed by atoms with Crippen LogP contribution in [0.15, 0.2) is 0 Å². The lowest BCUT2D eigenvalue weighted by Gasteiger charge is -2.31. The Morgan fingerprint density at radius 3 is 1.58 bits per heavy atom. The number of unbranched alkanes of at least 4 members (excludes halogenated alkanes) is 11. The Morgan fingerprint density at radius 1 is 0.792 bits per heavy atom. The van der Waals surface area contributed by atoms with Gasteiger partial charge in [-0.3, -0.25) is 0 Å². The summed E-state index contributed by atoms with van der Waals surface area (Å²) in [5, 5.41) is 1.94. The van der Waals surface area contributed by atoms with E-state index in [1.165, 1.54) is 57.8 Å². The van der Waals surface area contributed by atoms with Crippen molar-refractivity contribution in [2.75, 3.05) is 13.6 Å². The molecule has 0 aromatic heterocycles. The monoisotopic (exact) mass is 363 g/mol. The molecule has 5 heteroatoms. The van der Waals surface area contributed by atoms with Crippen molar-refractivity contribution in [1.82, 2.24) is 0 Å². The van der Waals surface area contributed by atoms with Gasteiger partial charge in [0.2, 0.25) is 0 Å². The largest absolute Gasteiger partial charge is 0.748 e. The van der Waals surface area contributed by atoms with Gasteiger partial charge in [-0.2, -0.15) is 0 Å².